The molecule has 0 spiro atoms. The Balaban J connectivity index is 4.51. The first-order chi connectivity index (χ1) is 5.30. The van der Waals surface area contributed by atoms with E-state index in [-0.39, 0.29) is 5.92 Å². The standard InChI is InChI=1S/C9H19NO2/c1-6(2)5-9(10,7(3)4)8(11)12/h6-7H,5,10H2,1-4H3,(H,11,12)/t9-/m0/s1. The summed E-state index contributed by atoms with van der Waals surface area (Å²) in [6, 6.07) is 0. The van der Waals surface area contributed by atoms with E-state index >= 15 is 0 Å². The fourth-order valence-corrected chi connectivity index (χ4v) is 1.25. The van der Waals surface area contributed by atoms with Gasteiger partial charge in [-0.25, -0.2) is 0 Å². The highest BCUT2D eigenvalue weighted by Gasteiger charge is 2.37. The molecular formula is C9H19NO2. The third-order valence-corrected chi connectivity index (χ3v) is 2.17. The summed E-state index contributed by atoms with van der Waals surface area (Å²) in [5.41, 5.74) is 4.72. The van der Waals surface area contributed by atoms with Gasteiger partial charge in [0.2, 0.25) is 0 Å². The number of carboxylic acids is 1. The van der Waals surface area contributed by atoms with Gasteiger partial charge < -0.3 is 10.8 Å². The van der Waals surface area contributed by atoms with E-state index in [2.05, 4.69) is 0 Å². The van der Waals surface area contributed by atoms with Crippen LogP contribution in [0, 0.1) is 11.8 Å². The Morgan fingerprint density at radius 1 is 1.42 bits per heavy atom. The van der Waals surface area contributed by atoms with Crippen molar-refractivity contribution >= 4 is 5.97 Å². The van der Waals surface area contributed by atoms with Crippen LogP contribution in [0.15, 0.2) is 0 Å². The molecule has 3 heteroatoms. The molecule has 0 saturated heterocycles. The smallest absolute Gasteiger partial charge is 0.323 e. The van der Waals surface area contributed by atoms with Gasteiger partial charge in [-0.2, -0.15) is 0 Å². The first-order valence-electron chi connectivity index (χ1n) is 4.33. The second-order valence-electron chi connectivity index (χ2n) is 4.10. The van der Waals surface area contributed by atoms with Gasteiger partial charge in [0.15, 0.2) is 0 Å². The van der Waals surface area contributed by atoms with Gasteiger partial charge in [0, 0.05) is 0 Å². The van der Waals surface area contributed by atoms with Crippen molar-refractivity contribution < 1.29 is 9.90 Å². The molecule has 0 aliphatic heterocycles. The van der Waals surface area contributed by atoms with Crippen LogP contribution in [0.25, 0.3) is 0 Å². The molecule has 0 aliphatic rings. The highest BCUT2D eigenvalue weighted by molar-refractivity contribution is 5.78. The van der Waals surface area contributed by atoms with Crippen molar-refractivity contribution in [3.05, 3.63) is 0 Å². The van der Waals surface area contributed by atoms with Crippen LogP contribution in [0.2, 0.25) is 0 Å². The van der Waals surface area contributed by atoms with Gasteiger partial charge in [-0.05, 0) is 18.3 Å². The second-order valence-corrected chi connectivity index (χ2v) is 4.10. The summed E-state index contributed by atoms with van der Waals surface area (Å²) < 4.78 is 0. The summed E-state index contributed by atoms with van der Waals surface area (Å²) in [6.07, 6.45) is 0.528. The van der Waals surface area contributed by atoms with Crippen molar-refractivity contribution in [2.75, 3.05) is 0 Å². The van der Waals surface area contributed by atoms with Crippen LogP contribution in [0.4, 0.5) is 0 Å². The van der Waals surface area contributed by atoms with Crippen molar-refractivity contribution in [1.29, 1.82) is 0 Å². The average Bonchev–Trinajstić information content (AvgIpc) is 1.84. The van der Waals surface area contributed by atoms with E-state index in [0.29, 0.717) is 12.3 Å². The summed E-state index contributed by atoms with van der Waals surface area (Å²) in [7, 11) is 0. The van der Waals surface area contributed by atoms with E-state index in [1.165, 1.54) is 0 Å². The number of aliphatic carboxylic acids is 1. The second kappa shape index (κ2) is 3.90. The molecular weight excluding hydrogens is 154 g/mol. The van der Waals surface area contributed by atoms with Crippen LogP contribution in [-0.4, -0.2) is 16.6 Å². The minimum atomic E-state index is -1.06. The molecule has 0 saturated carbocycles. The van der Waals surface area contributed by atoms with Gasteiger partial charge >= 0.3 is 5.97 Å². The molecule has 3 N–H and O–H groups in total. The highest BCUT2D eigenvalue weighted by Crippen LogP contribution is 2.22. The van der Waals surface area contributed by atoms with Crippen molar-refractivity contribution in [2.24, 2.45) is 17.6 Å². The van der Waals surface area contributed by atoms with Crippen LogP contribution in [0.5, 0.6) is 0 Å². The van der Waals surface area contributed by atoms with Gasteiger partial charge in [0.25, 0.3) is 0 Å². The molecule has 0 unspecified atom stereocenters. The molecule has 0 bridgehead atoms. The third kappa shape index (κ3) is 2.48. The van der Waals surface area contributed by atoms with Gasteiger partial charge in [-0.3, -0.25) is 4.79 Å². The van der Waals surface area contributed by atoms with Crippen molar-refractivity contribution in [1.82, 2.24) is 0 Å². The Morgan fingerprint density at radius 3 is 1.92 bits per heavy atom. The molecule has 0 fully saturated rings. The summed E-state index contributed by atoms with van der Waals surface area (Å²) in [4.78, 5) is 10.9. The molecule has 12 heavy (non-hydrogen) atoms. The Kier molecular flexibility index (Phi) is 3.71. The maximum atomic E-state index is 10.9. The lowest BCUT2D eigenvalue weighted by atomic mass is 9.80. The number of carboxylic acid groups (broad SMARTS) is 1. The Bertz CT molecular complexity index is 166. The molecule has 0 aromatic rings. The topological polar surface area (TPSA) is 63.3 Å². The fraction of sp³-hybridized carbons (Fsp3) is 0.889. The van der Waals surface area contributed by atoms with Crippen LogP contribution in [0.3, 0.4) is 0 Å². The maximum Gasteiger partial charge on any atom is 0.323 e. The SMILES string of the molecule is CC(C)C[C@@](N)(C(=O)O)C(C)C. The maximum absolute atomic E-state index is 10.9. The molecule has 0 radical (unpaired) electrons. The zero-order chi connectivity index (χ0) is 9.94. The number of hydrogen-bond donors (Lipinski definition) is 2. The zero-order valence-corrected chi connectivity index (χ0v) is 8.29. The van der Waals surface area contributed by atoms with Crippen LogP contribution < -0.4 is 5.73 Å². The predicted octanol–water partition coefficient (Wildman–Crippen LogP) is 1.47. The lowest BCUT2D eigenvalue weighted by Gasteiger charge is -2.30. The summed E-state index contributed by atoms with van der Waals surface area (Å²) in [6.45, 7) is 7.65. The minimum Gasteiger partial charge on any atom is -0.480 e. The first kappa shape index (κ1) is 11.4. The number of rotatable bonds is 4. The highest BCUT2D eigenvalue weighted by atomic mass is 16.4. The number of carbonyl (C=O) groups is 1. The van der Waals surface area contributed by atoms with Gasteiger partial charge in [-0.1, -0.05) is 27.7 Å². The van der Waals surface area contributed by atoms with Crippen molar-refractivity contribution in [2.45, 2.75) is 39.7 Å². The van der Waals surface area contributed by atoms with Gasteiger partial charge in [0.1, 0.15) is 5.54 Å². The van der Waals surface area contributed by atoms with E-state index < -0.39 is 11.5 Å². The molecule has 0 aromatic heterocycles. The van der Waals surface area contributed by atoms with Crippen LogP contribution in [0.1, 0.15) is 34.1 Å². The van der Waals surface area contributed by atoms with E-state index in [1.807, 2.05) is 27.7 Å². The van der Waals surface area contributed by atoms with Crippen molar-refractivity contribution in [3.63, 3.8) is 0 Å². The molecule has 0 amide bonds. The molecule has 0 aliphatic carbocycles. The van der Waals surface area contributed by atoms with E-state index in [0.717, 1.165) is 0 Å². The lowest BCUT2D eigenvalue weighted by Crippen LogP contribution is -2.53. The monoisotopic (exact) mass is 173 g/mol. The summed E-state index contributed by atoms with van der Waals surface area (Å²) >= 11 is 0. The molecule has 1 atom stereocenters. The van der Waals surface area contributed by atoms with Crippen LogP contribution in [-0.2, 0) is 4.79 Å². The summed E-state index contributed by atoms with van der Waals surface area (Å²) in [5.74, 6) is -0.614. The average molecular weight is 173 g/mol. The van der Waals surface area contributed by atoms with Gasteiger partial charge in [0.05, 0.1) is 0 Å². The number of nitrogens with two attached hydrogens (primary N) is 1. The molecule has 72 valence electrons. The van der Waals surface area contributed by atoms with Gasteiger partial charge in [-0.15, -0.1) is 0 Å². The quantitative estimate of drug-likeness (QED) is 0.676. The molecule has 0 aromatic carbocycles. The minimum absolute atomic E-state index is 0.0302. The molecule has 0 heterocycles. The fourth-order valence-electron chi connectivity index (χ4n) is 1.25. The zero-order valence-electron chi connectivity index (χ0n) is 8.29. The third-order valence-electron chi connectivity index (χ3n) is 2.17. The lowest BCUT2D eigenvalue weighted by molar-refractivity contribution is -0.145. The molecule has 3 nitrogen and oxygen atoms in total. The summed E-state index contributed by atoms with van der Waals surface area (Å²) in [5, 5.41) is 8.93. The first-order valence-corrected chi connectivity index (χ1v) is 4.33. The Hall–Kier alpha value is -0.570. The van der Waals surface area contributed by atoms with Crippen molar-refractivity contribution in [3.8, 4) is 0 Å². The van der Waals surface area contributed by atoms with Crippen LogP contribution >= 0.6 is 0 Å². The van der Waals surface area contributed by atoms with E-state index in [4.69, 9.17) is 10.8 Å². The molecule has 0 rings (SSSR count). The Labute approximate surface area is 74.0 Å². The van der Waals surface area contributed by atoms with E-state index in [1.54, 1.807) is 0 Å². The van der Waals surface area contributed by atoms with E-state index in [9.17, 15) is 4.79 Å². The predicted molar refractivity (Wildman–Crippen MR) is 48.8 cm³/mol. The normalized spacial score (nSPS) is 16.6. The number of hydrogen-bond acceptors (Lipinski definition) is 2. The Morgan fingerprint density at radius 2 is 1.83 bits per heavy atom. The largest absolute Gasteiger partial charge is 0.480 e.